The van der Waals surface area contributed by atoms with Crippen molar-refractivity contribution >= 4 is 46.1 Å². The van der Waals surface area contributed by atoms with Gasteiger partial charge in [-0.3, -0.25) is 9.59 Å². The van der Waals surface area contributed by atoms with Crippen molar-refractivity contribution in [2.75, 3.05) is 16.8 Å². The van der Waals surface area contributed by atoms with Gasteiger partial charge in [-0.1, -0.05) is 17.8 Å². The molecule has 1 fully saturated rings. The highest BCUT2D eigenvalue weighted by atomic mass is 32.2. The predicted octanol–water partition coefficient (Wildman–Crippen LogP) is 2.52. The highest BCUT2D eigenvalue weighted by Gasteiger charge is 2.49. The van der Waals surface area contributed by atoms with Crippen LogP contribution in [0, 0.1) is 0 Å². The number of amides is 2. The molecule has 2 amide bonds. The molecule has 0 saturated carbocycles. The van der Waals surface area contributed by atoms with E-state index in [9.17, 15) is 9.59 Å². The van der Waals surface area contributed by atoms with E-state index in [4.69, 9.17) is 0 Å². The third-order valence-corrected chi connectivity index (χ3v) is 6.41. The molecular weight excluding hydrogens is 306 g/mol. The van der Waals surface area contributed by atoms with Crippen molar-refractivity contribution in [1.82, 2.24) is 5.43 Å². The van der Waals surface area contributed by atoms with E-state index in [-0.39, 0.29) is 11.1 Å². The zero-order valence-electron chi connectivity index (χ0n) is 11.1. The molecule has 1 unspecified atom stereocenters. The first kappa shape index (κ1) is 13.2. The first-order valence-electron chi connectivity index (χ1n) is 6.79. The Balaban J connectivity index is 1.76. The number of hydrogen-bond acceptors (Lipinski definition) is 5. The molecule has 3 heterocycles. The number of thioether (sulfide) groups is 2. The number of hydrazone groups is 1. The summed E-state index contributed by atoms with van der Waals surface area (Å²) in [6, 6.07) is 5.96. The number of hydrogen-bond donors (Lipinski definition) is 2. The van der Waals surface area contributed by atoms with Crippen LogP contribution < -0.4 is 10.7 Å². The van der Waals surface area contributed by atoms with Gasteiger partial charge < -0.3 is 5.32 Å². The van der Waals surface area contributed by atoms with Crippen LogP contribution in [-0.4, -0.2) is 28.4 Å². The van der Waals surface area contributed by atoms with E-state index in [1.54, 1.807) is 11.8 Å². The fourth-order valence-corrected chi connectivity index (χ4v) is 5.04. The van der Waals surface area contributed by atoms with Crippen molar-refractivity contribution in [2.24, 2.45) is 5.10 Å². The average molecular weight is 319 g/mol. The van der Waals surface area contributed by atoms with E-state index in [1.165, 1.54) is 11.8 Å². The minimum Gasteiger partial charge on any atom is -0.324 e. The van der Waals surface area contributed by atoms with Gasteiger partial charge in [0.2, 0.25) is 5.91 Å². The Morgan fingerprint density at radius 2 is 2.19 bits per heavy atom. The standard InChI is InChI=1S/C14H13N3O2S2/c18-12-14(4-1-5-21-14)9-6-8(2-3-10(9)15-12)11-7-20-13(19)17-16-11/h2-3,6H,1,4-5,7H2,(H,15,18)(H,17,19). The number of nitrogens with one attached hydrogen (secondary N) is 2. The van der Waals surface area contributed by atoms with E-state index in [0.29, 0.717) is 5.75 Å². The SMILES string of the molecule is O=C1NN=C(c2ccc3c(c2)C2(CCCS2)C(=O)N3)CS1. The van der Waals surface area contributed by atoms with Crippen molar-refractivity contribution in [1.29, 1.82) is 0 Å². The quantitative estimate of drug-likeness (QED) is 0.834. The molecule has 5 nitrogen and oxygen atoms in total. The van der Waals surface area contributed by atoms with Gasteiger partial charge in [-0.05, 0) is 36.3 Å². The normalized spacial score (nSPS) is 27.3. The molecule has 21 heavy (non-hydrogen) atoms. The minimum atomic E-state index is -0.420. The van der Waals surface area contributed by atoms with Gasteiger partial charge in [0.1, 0.15) is 4.75 Å². The van der Waals surface area contributed by atoms with Crippen molar-refractivity contribution in [3.05, 3.63) is 29.3 Å². The van der Waals surface area contributed by atoms with Crippen LogP contribution in [0.15, 0.2) is 23.3 Å². The summed E-state index contributed by atoms with van der Waals surface area (Å²) in [5.41, 5.74) is 6.29. The zero-order chi connectivity index (χ0) is 14.4. The molecule has 0 aromatic heterocycles. The van der Waals surface area contributed by atoms with Crippen LogP contribution in [0.1, 0.15) is 24.0 Å². The van der Waals surface area contributed by atoms with Gasteiger partial charge in [-0.2, -0.15) is 5.10 Å². The van der Waals surface area contributed by atoms with Gasteiger partial charge in [-0.25, -0.2) is 5.43 Å². The smallest absolute Gasteiger partial charge is 0.299 e. The molecule has 1 atom stereocenters. The molecule has 3 aliphatic heterocycles. The molecule has 1 aromatic rings. The van der Waals surface area contributed by atoms with E-state index in [1.807, 2.05) is 12.1 Å². The highest BCUT2D eigenvalue weighted by Crippen LogP contribution is 2.53. The van der Waals surface area contributed by atoms with Crippen LogP contribution in [0.3, 0.4) is 0 Å². The number of fused-ring (bicyclic) bond motifs is 2. The maximum absolute atomic E-state index is 12.4. The van der Waals surface area contributed by atoms with Gasteiger partial charge in [0.15, 0.2) is 0 Å². The number of carbonyl (C=O) groups is 2. The summed E-state index contributed by atoms with van der Waals surface area (Å²) >= 11 is 2.94. The number of nitrogens with zero attached hydrogens (tertiary/aromatic N) is 1. The van der Waals surface area contributed by atoms with Gasteiger partial charge in [-0.15, -0.1) is 11.8 Å². The molecule has 1 spiro atoms. The minimum absolute atomic E-state index is 0.102. The Labute approximate surface area is 130 Å². The summed E-state index contributed by atoms with van der Waals surface area (Å²) in [5.74, 6) is 1.68. The third kappa shape index (κ3) is 1.98. The van der Waals surface area contributed by atoms with Gasteiger partial charge in [0, 0.05) is 17.0 Å². The fraction of sp³-hybridized carbons (Fsp3) is 0.357. The first-order chi connectivity index (χ1) is 10.2. The molecule has 7 heteroatoms. The molecule has 2 N–H and O–H groups in total. The molecule has 1 aromatic carbocycles. The molecular formula is C14H13N3O2S2. The molecule has 4 rings (SSSR count). The Morgan fingerprint density at radius 3 is 2.90 bits per heavy atom. The number of carbonyl (C=O) groups excluding carboxylic acids is 2. The van der Waals surface area contributed by atoms with Crippen LogP contribution in [0.5, 0.6) is 0 Å². The summed E-state index contributed by atoms with van der Waals surface area (Å²) < 4.78 is -0.420. The summed E-state index contributed by atoms with van der Waals surface area (Å²) in [5, 5.41) is 6.99. The van der Waals surface area contributed by atoms with Crippen LogP contribution in [0.4, 0.5) is 10.5 Å². The molecule has 0 radical (unpaired) electrons. The zero-order valence-corrected chi connectivity index (χ0v) is 12.8. The van der Waals surface area contributed by atoms with E-state index < -0.39 is 4.75 Å². The highest BCUT2D eigenvalue weighted by molar-refractivity contribution is 8.14. The molecule has 1 saturated heterocycles. The van der Waals surface area contributed by atoms with E-state index in [2.05, 4.69) is 21.9 Å². The number of benzene rings is 1. The Morgan fingerprint density at radius 1 is 1.29 bits per heavy atom. The second-order valence-electron chi connectivity index (χ2n) is 5.24. The van der Waals surface area contributed by atoms with Crippen LogP contribution in [0.25, 0.3) is 0 Å². The van der Waals surface area contributed by atoms with Crippen LogP contribution >= 0.6 is 23.5 Å². The Hall–Kier alpha value is -1.47. The largest absolute Gasteiger partial charge is 0.324 e. The van der Waals surface area contributed by atoms with Crippen LogP contribution in [-0.2, 0) is 9.54 Å². The van der Waals surface area contributed by atoms with Gasteiger partial charge in [0.05, 0.1) is 5.71 Å². The summed E-state index contributed by atoms with van der Waals surface area (Å²) in [4.78, 5) is 23.5. The second kappa shape index (κ2) is 4.78. The lowest BCUT2D eigenvalue weighted by Crippen LogP contribution is -2.28. The molecule has 3 aliphatic rings. The predicted molar refractivity (Wildman–Crippen MR) is 86.0 cm³/mol. The topological polar surface area (TPSA) is 70.6 Å². The molecule has 108 valence electrons. The van der Waals surface area contributed by atoms with E-state index >= 15 is 0 Å². The van der Waals surface area contributed by atoms with Gasteiger partial charge >= 0.3 is 0 Å². The lowest BCUT2D eigenvalue weighted by atomic mass is 9.93. The van der Waals surface area contributed by atoms with Crippen molar-refractivity contribution in [3.8, 4) is 0 Å². The molecule has 0 aliphatic carbocycles. The maximum atomic E-state index is 12.4. The second-order valence-corrected chi connectivity index (χ2v) is 7.58. The summed E-state index contributed by atoms with van der Waals surface area (Å²) in [7, 11) is 0. The monoisotopic (exact) mass is 319 g/mol. The summed E-state index contributed by atoms with van der Waals surface area (Å²) in [6.07, 6.45) is 1.95. The number of anilines is 1. The van der Waals surface area contributed by atoms with Crippen molar-refractivity contribution in [2.45, 2.75) is 17.6 Å². The van der Waals surface area contributed by atoms with Crippen molar-refractivity contribution in [3.63, 3.8) is 0 Å². The maximum Gasteiger partial charge on any atom is 0.299 e. The number of rotatable bonds is 1. The molecule has 0 bridgehead atoms. The fourth-order valence-electron chi connectivity index (χ4n) is 3.00. The average Bonchev–Trinajstić information content (AvgIpc) is 3.08. The Kier molecular flexibility index (Phi) is 3.00. The lowest BCUT2D eigenvalue weighted by molar-refractivity contribution is -0.118. The van der Waals surface area contributed by atoms with Gasteiger partial charge in [0.25, 0.3) is 5.24 Å². The van der Waals surface area contributed by atoms with Crippen LogP contribution in [0.2, 0.25) is 0 Å². The Bertz CT molecular complexity index is 681. The first-order valence-corrected chi connectivity index (χ1v) is 8.76. The summed E-state index contributed by atoms with van der Waals surface area (Å²) in [6.45, 7) is 0. The van der Waals surface area contributed by atoms with E-state index in [0.717, 1.165) is 41.1 Å². The van der Waals surface area contributed by atoms with Crippen molar-refractivity contribution < 1.29 is 9.59 Å². The third-order valence-electron chi connectivity index (χ3n) is 4.05. The lowest BCUT2D eigenvalue weighted by Gasteiger charge is -2.20.